The summed E-state index contributed by atoms with van der Waals surface area (Å²) in [4.78, 5) is 11.8. The van der Waals surface area contributed by atoms with Gasteiger partial charge in [0, 0.05) is 23.7 Å². The third-order valence-corrected chi connectivity index (χ3v) is 3.97. The third-order valence-electron chi connectivity index (χ3n) is 3.97. The lowest BCUT2D eigenvalue weighted by Crippen LogP contribution is -2.18. The molecule has 0 atom stereocenters. The summed E-state index contributed by atoms with van der Waals surface area (Å²) in [6, 6.07) is 8.76. The van der Waals surface area contributed by atoms with Gasteiger partial charge in [-0.15, -0.1) is 0 Å². The first-order chi connectivity index (χ1) is 12.6. The molecule has 0 aliphatic rings. The number of aryl methyl sites for hydroxylation is 1. The van der Waals surface area contributed by atoms with E-state index in [4.69, 9.17) is 5.73 Å². The molecule has 140 valence electrons. The quantitative estimate of drug-likeness (QED) is 0.693. The van der Waals surface area contributed by atoms with Gasteiger partial charge in [0.1, 0.15) is 11.6 Å². The second-order valence-electron chi connectivity index (χ2n) is 5.70. The molecule has 1 aromatic heterocycles. The first kappa shape index (κ1) is 18.6. The molecule has 3 rings (SSSR count). The molecule has 0 saturated heterocycles. The number of alkyl halides is 3. The van der Waals surface area contributed by atoms with E-state index < -0.39 is 35.0 Å². The number of nitrogens with two attached hydrogens (primary N) is 1. The molecule has 0 saturated carbocycles. The van der Waals surface area contributed by atoms with Crippen molar-refractivity contribution in [2.24, 2.45) is 12.8 Å². The highest BCUT2D eigenvalue weighted by Gasteiger charge is 2.41. The maximum atomic E-state index is 14.6. The Hall–Kier alpha value is -3.23. The van der Waals surface area contributed by atoms with Gasteiger partial charge < -0.3 is 5.73 Å². The maximum Gasteiger partial charge on any atom is 0.435 e. The molecule has 1 heterocycles. The van der Waals surface area contributed by atoms with Crippen LogP contribution in [0.1, 0.15) is 16.1 Å². The van der Waals surface area contributed by atoms with Crippen LogP contribution >= 0.6 is 0 Å². The number of benzene rings is 2. The summed E-state index contributed by atoms with van der Waals surface area (Å²) >= 11 is 0. The molecule has 1 amide bonds. The van der Waals surface area contributed by atoms with E-state index in [1.165, 1.54) is 30.3 Å². The van der Waals surface area contributed by atoms with E-state index in [1.807, 2.05) is 0 Å². The van der Waals surface area contributed by atoms with Gasteiger partial charge in [-0.1, -0.05) is 30.3 Å². The molecular weight excluding hydrogens is 369 g/mol. The highest BCUT2D eigenvalue weighted by atomic mass is 19.4. The van der Waals surface area contributed by atoms with Crippen molar-refractivity contribution in [1.82, 2.24) is 9.78 Å². The van der Waals surface area contributed by atoms with Crippen LogP contribution in [0, 0.1) is 11.6 Å². The van der Waals surface area contributed by atoms with Crippen LogP contribution in [0.25, 0.3) is 22.4 Å². The fraction of sp³-hybridized carbons (Fsp3) is 0.111. The first-order valence-corrected chi connectivity index (χ1v) is 7.60. The highest BCUT2D eigenvalue weighted by Crippen LogP contribution is 2.40. The lowest BCUT2D eigenvalue weighted by molar-refractivity contribution is -0.141. The smallest absolute Gasteiger partial charge is 0.365 e. The number of aromatic nitrogens is 2. The average molecular weight is 381 g/mol. The number of primary amides is 1. The minimum absolute atomic E-state index is 0.139. The monoisotopic (exact) mass is 381 g/mol. The minimum Gasteiger partial charge on any atom is -0.365 e. The van der Waals surface area contributed by atoms with Crippen LogP contribution in [-0.2, 0) is 13.2 Å². The lowest BCUT2D eigenvalue weighted by Gasteiger charge is -2.13. The second-order valence-corrected chi connectivity index (χ2v) is 5.70. The van der Waals surface area contributed by atoms with Gasteiger partial charge in [-0.2, -0.15) is 18.3 Å². The van der Waals surface area contributed by atoms with E-state index in [-0.39, 0.29) is 22.4 Å². The van der Waals surface area contributed by atoms with E-state index in [1.54, 1.807) is 0 Å². The van der Waals surface area contributed by atoms with E-state index in [0.717, 1.165) is 23.9 Å². The molecule has 9 heteroatoms. The molecule has 27 heavy (non-hydrogen) atoms. The number of halogens is 5. The molecule has 0 aliphatic carbocycles. The summed E-state index contributed by atoms with van der Waals surface area (Å²) in [5, 5.41) is 3.34. The number of amides is 1. The Kier molecular flexibility index (Phi) is 4.46. The molecule has 0 unspecified atom stereocenters. The molecule has 2 N–H and O–H groups in total. The minimum atomic E-state index is -4.95. The summed E-state index contributed by atoms with van der Waals surface area (Å²) in [5.74, 6) is -3.03. The van der Waals surface area contributed by atoms with E-state index >= 15 is 0 Å². The van der Waals surface area contributed by atoms with Crippen molar-refractivity contribution >= 4 is 5.91 Å². The molecule has 0 aliphatic heterocycles. The summed E-state index contributed by atoms with van der Waals surface area (Å²) in [6.07, 6.45) is -4.95. The SMILES string of the molecule is Cn1nc(C(F)(F)F)c(C(N)=O)c1-c1cccc(F)c1-c1ccccc1F. The van der Waals surface area contributed by atoms with Crippen LogP contribution < -0.4 is 5.73 Å². The van der Waals surface area contributed by atoms with Gasteiger partial charge in [0.25, 0.3) is 5.91 Å². The van der Waals surface area contributed by atoms with Gasteiger partial charge in [-0.3, -0.25) is 9.48 Å². The molecule has 3 aromatic rings. The Labute approximate surface area is 150 Å². The van der Waals surface area contributed by atoms with Gasteiger partial charge in [0.2, 0.25) is 0 Å². The van der Waals surface area contributed by atoms with Gasteiger partial charge in [-0.25, -0.2) is 8.78 Å². The number of hydrogen-bond acceptors (Lipinski definition) is 2. The number of hydrogen-bond donors (Lipinski definition) is 1. The van der Waals surface area contributed by atoms with Crippen LogP contribution in [-0.4, -0.2) is 15.7 Å². The van der Waals surface area contributed by atoms with Crippen molar-refractivity contribution in [2.75, 3.05) is 0 Å². The maximum absolute atomic E-state index is 14.6. The summed E-state index contributed by atoms with van der Waals surface area (Å²) in [7, 11) is 1.16. The Morgan fingerprint density at radius 1 is 1.00 bits per heavy atom. The fourth-order valence-corrected chi connectivity index (χ4v) is 2.92. The van der Waals surface area contributed by atoms with Crippen molar-refractivity contribution in [3.8, 4) is 22.4 Å². The molecular formula is C18H12F5N3O. The predicted molar refractivity (Wildman–Crippen MR) is 87.5 cm³/mol. The summed E-state index contributed by atoms with van der Waals surface area (Å²) in [6.45, 7) is 0. The second kappa shape index (κ2) is 6.49. The first-order valence-electron chi connectivity index (χ1n) is 7.60. The van der Waals surface area contributed by atoms with Crippen LogP contribution in [0.15, 0.2) is 42.5 Å². The van der Waals surface area contributed by atoms with Gasteiger partial charge in [-0.05, 0) is 12.1 Å². The van der Waals surface area contributed by atoms with Crippen LogP contribution in [0.5, 0.6) is 0 Å². The van der Waals surface area contributed by atoms with Crippen molar-refractivity contribution < 1.29 is 26.7 Å². The van der Waals surface area contributed by atoms with Crippen LogP contribution in [0.4, 0.5) is 22.0 Å². The van der Waals surface area contributed by atoms with Crippen molar-refractivity contribution in [2.45, 2.75) is 6.18 Å². The zero-order chi connectivity index (χ0) is 19.9. The Balaban J connectivity index is 2.41. The summed E-state index contributed by atoms with van der Waals surface area (Å²) < 4.78 is 69.4. The normalized spacial score (nSPS) is 11.6. The third kappa shape index (κ3) is 3.16. The molecule has 2 aromatic carbocycles. The topological polar surface area (TPSA) is 60.9 Å². The number of nitrogens with zero attached hydrogens (tertiary/aromatic N) is 2. The largest absolute Gasteiger partial charge is 0.435 e. The van der Waals surface area contributed by atoms with Gasteiger partial charge >= 0.3 is 6.18 Å². The van der Waals surface area contributed by atoms with Crippen LogP contribution in [0.3, 0.4) is 0 Å². The fourth-order valence-electron chi connectivity index (χ4n) is 2.92. The van der Waals surface area contributed by atoms with Gasteiger partial charge in [0.05, 0.1) is 11.3 Å². The lowest BCUT2D eigenvalue weighted by atomic mass is 9.94. The Morgan fingerprint density at radius 3 is 2.19 bits per heavy atom. The van der Waals surface area contributed by atoms with E-state index in [2.05, 4.69) is 5.10 Å². The Bertz CT molecular complexity index is 1040. The molecule has 0 radical (unpaired) electrons. The molecule has 0 bridgehead atoms. The van der Waals surface area contributed by atoms with E-state index in [0.29, 0.717) is 0 Å². The molecule has 0 fully saturated rings. The molecule has 0 spiro atoms. The standard InChI is InChI=1S/C18H12F5N3O/c1-26-15(14(17(24)27)16(25-26)18(21,22)23)10-6-4-8-12(20)13(10)9-5-2-3-7-11(9)19/h2-8H,1H3,(H2,24,27). The van der Waals surface area contributed by atoms with Gasteiger partial charge in [0.15, 0.2) is 5.69 Å². The van der Waals surface area contributed by atoms with Crippen molar-refractivity contribution in [3.63, 3.8) is 0 Å². The number of carbonyl (C=O) groups excluding carboxylic acids is 1. The van der Waals surface area contributed by atoms with Crippen molar-refractivity contribution in [1.29, 1.82) is 0 Å². The molecule has 4 nitrogen and oxygen atoms in total. The zero-order valence-electron chi connectivity index (χ0n) is 13.8. The van der Waals surface area contributed by atoms with Crippen LogP contribution in [0.2, 0.25) is 0 Å². The highest BCUT2D eigenvalue weighted by molar-refractivity contribution is 6.02. The predicted octanol–water partition coefficient (Wildman–Crippen LogP) is 4.15. The average Bonchev–Trinajstić information content (AvgIpc) is 2.93. The summed E-state index contributed by atoms with van der Waals surface area (Å²) in [5.41, 5.74) is 1.80. The van der Waals surface area contributed by atoms with E-state index in [9.17, 15) is 26.7 Å². The number of carbonyl (C=O) groups is 1. The zero-order valence-corrected chi connectivity index (χ0v) is 13.8. The Morgan fingerprint density at radius 2 is 1.59 bits per heavy atom. The van der Waals surface area contributed by atoms with Crippen molar-refractivity contribution in [3.05, 3.63) is 65.4 Å². The number of rotatable bonds is 3.